The number of nitrogens with one attached hydrogen (secondary N) is 2. The summed E-state index contributed by atoms with van der Waals surface area (Å²) in [6.07, 6.45) is 0.189. The van der Waals surface area contributed by atoms with Crippen LogP contribution in [-0.2, 0) is 35.2 Å². The van der Waals surface area contributed by atoms with Gasteiger partial charge in [-0.1, -0.05) is 44.2 Å². The topological polar surface area (TPSA) is 259 Å². The number of carbonyl (C=O) groups is 6. The Morgan fingerprint density at radius 1 is 0.692 bits per heavy atom. The molecule has 39 heavy (non-hydrogen) atoms. The molecule has 14 heteroatoms. The van der Waals surface area contributed by atoms with Gasteiger partial charge in [0.15, 0.2) is 0 Å². The fraction of sp³-hybridized carbons (Fsp3) is 0.520. The predicted octanol–water partition coefficient (Wildman–Crippen LogP) is -0.215. The Labute approximate surface area is 225 Å². The molecule has 4 atom stereocenters. The zero-order chi connectivity index (χ0) is 30.1. The molecule has 1 aromatic carbocycles. The van der Waals surface area contributed by atoms with Crippen LogP contribution in [0.5, 0.6) is 0 Å². The highest BCUT2D eigenvalue weighted by Crippen LogP contribution is 2.06. The summed E-state index contributed by atoms with van der Waals surface area (Å²) in [6, 6.07) is 4.66. The molecule has 0 aliphatic carbocycles. The van der Waals surface area contributed by atoms with Gasteiger partial charge in [0.05, 0.1) is 0 Å². The van der Waals surface area contributed by atoms with E-state index in [1.165, 1.54) is 0 Å². The molecule has 1 rings (SSSR count). The summed E-state index contributed by atoms with van der Waals surface area (Å²) in [6.45, 7) is 3.70. The Kier molecular flexibility index (Phi) is 16.4. The first-order valence-electron chi connectivity index (χ1n) is 12.2. The highest BCUT2D eigenvalue weighted by molar-refractivity contribution is 5.85. The van der Waals surface area contributed by atoms with Gasteiger partial charge in [-0.05, 0) is 30.7 Å². The van der Waals surface area contributed by atoms with Crippen molar-refractivity contribution in [1.29, 1.82) is 0 Å². The van der Waals surface area contributed by atoms with Gasteiger partial charge < -0.3 is 42.5 Å². The van der Waals surface area contributed by atoms with Gasteiger partial charge in [-0.25, -0.2) is 9.59 Å². The number of nitrogens with two attached hydrogens (primary N) is 2. The number of hydrogen-bond acceptors (Lipinski definition) is 8. The fourth-order valence-electron chi connectivity index (χ4n) is 3.10. The lowest BCUT2D eigenvalue weighted by Crippen LogP contribution is -2.43. The van der Waals surface area contributed by atoms with Crippen molar-refractivity contribution < 1.29 is 49.2 Å². The maximum Gasteiger partial charge on any atom is 0.326 e. The van der Waals surface area contributed by atoms with Crippen molar-refractivity contribution in [2.24, 2.45) is 17.4 Å². The van der Waals surface area contributed by atoms with Crippen LogP contribution in [0.25, 0.3) is 0 Å². The molecule has 0 fully saturated rings. The van der Waals surface area contributed by atoms with Crippen LogP contribution in [0.15, 0.2) is 30.3 Å². The average Bonchev–Trinajstić information content (AvgIpc) is 2.85. The predicted molar refractivity (Wildman–Crippen MR) is 138 cm³/mol. The second-order valence-electron chi connectivity index (χ2n) is 9.20. The van der Waals surface area contributed by atoms with Crippen LogP contribution < -0.4 is 22.1 Å². The number of rotatable bonds is 16. The summed E-state index contributed by atoms with van der Waals surface area (Å²) in [5, 5.41) is 39.9. The first-order chi connectivity index (χ1) is 18.1. The fourth-order valence-corrected chi connectivity index (χ4v) is 3.10. The van der Waals surface area contributed by atoms with Gasteiger partial charge in [0, 0.05) is 19.3 Å². The first-order valence-corrected chi connectivity index (χ1v) is 12.2. The zero-order valence-electron chi connectivity index (χ0n) is 21.9. The average molecular weight is 555 g/mol. The van der Waals surface area contributed by atoms with Crippen molar-refractivity contribution in [3.05, 3.63) is 35.9 Å². The minimum absolute atomic E-state index is 0.0187. The van der Waals surface area contributed by atoms with Gasteiger partial charge in [-0.15, -0.1) is 0 Å². The molecular formula is C25H38N4O10. The van der Waals surface area contributed by atoms with E-state index in [0.29, 0.717) is 6.42 Å². The van der Waals surface area contributed by atoms with E-state index in [0.717, 1.165) is 5.56 Å². The van der Waals surface area contributed by atoms with Gasteiger partial charge in [0.2, 0.25) is 11.8 Å². The van der Waals surface area contributed by atoms with Crippen molar-refractivity contribution in [2.45, 2.75) is 76.5 Å². The number of carbonyl (C=O) groups excluding carboxylic acids is 2. The van der Waals surface area contributed by atoms with E-state index in [9.17, 15) is 28.8 Å². The Balaban J connectivity index is 0.000000751. The number of carboxylic acid groups (broad SMARTS) is 4. The number of benzene rings is 1. The van der Waals surface area contributed by atoms with Gasteiger partial charge in [0.1, 0.15) is 24.2 Å². The molecule has 0 unspecified atom stereocenters. The zero-order valence-corrected chi connectivity index (χ0v) is 21.9. The minimum Gasteiger partial charge on any atom is -0.480 e. The SMILES string of the molecule is CC(C)C[C@H](NC(=O)CC[C@H](N)C(=O)O)C(=O)O.N[C@@H](CCC(=O)N[C@@H](Cc1ccccc1)C(=O)O)C(=O)O. The third kappa shape index (κ3) is 16.4. The molecule has 1 aromatic rings. The molecule has 0 bridgehead atoms. The van der Waals surface area contributed by atoms with Crippen LogP contribution in [0.2, 0.25) is 0 Å². The molecule has 14 nitrogen and oxygen atoms in total. The Bertz CT molecular complexity index is 971. The van der Waals surface area contributed by atoms with Gasteiger partial charge in [0.25, 0.3) is 0 Å². The molecule has 2 amide bonds. The van der Waals surface area contributed by atoms with E-state index in [1.807, 2.05) is 19.9 Å². The highest BCUT2D eigenvalue weighted by atomic mass is 16.4. The quantitative estimate of drug-likeness (QED) is 0.132. The van der Waals surface area contributed by atoms with Crippen molar-refractivity contribution in [3.63, 3.8) is 0 Å². The third-order valence-electron chi connectivity index (χ3n) is 5.26. The summed E-state index contributed by atoms with van der Waals surface area (Å²) in [5.74, 6) is -5.52. The summed E-state index contributed by atoms with van der Waals surface area (Å²) >= 11 is 0. The van der Waals surface area contributed by atoms with Gasteiger partial charge in [-0.3, -0.25) is 19.2 Å². The van der Waals surface area contributed by atoms with E-state index >= 15 is 0 Å². The molecule has 0 saturated heterocycles. The number of amides is 2. The van der Waals surface area contributed by atoms with Crippen LogP contribution in [0.1, 0.15) is 51.5 Å². The van der Waals surface area contributed by atoms with E-state index < -0.39 is 59.9 Å². The smallest absolute Gasteiger partial charge is 0.326 e. The van der Waals surface area contributed by atoms with Crippen molar-refractivity contribution in [1.82, 2.24) is 10.6 Å². The van der Waals surface area contributed by atoms with E-state index in [4.69, 9.17) is 31.9 Å². The standard InChI is InChI=1S/C14H18N2O5.C11H20N2O5/c15-10(13(18)19)6-7-12(17)16-11(14(20)21)8-9-4-2-1-3-5-9;1-6(2)5-8(11(17)18)13-9(14)4-3-7(12)10(15)16/h1-5,10-11H,6-8,15H2,(H,16,17)(H,18,19)(H,20,21);6-8H,3-5,12H2,1-2H3,(H,13,14)(H,15,16)(H,17,18)/t10-,11-;7-,8-/m00/s1. The lowest BCUT2D eigenvalue weighted by atomic mass is 10.0. The molecule has 218 valence electrons. The van der Waals surface area contributed by atoms with Crippen LogP contribution in [-0.4, -0.2) is 80.3 Å². The lowest BCUT2D eigenvalue weighted by molar-refractivity contribution is -0.142. The molecule has 0 spiro atoms. The van der Waals surface area contributed by atoms with Crippen molar-refractivity contribution in [2.75, 3.05) is 0 Å². The van der Waals surface area contributed by atoms with Gasteiger partial charge >= 0.3 is 23.9 Å². The molecule has 0 saturated carbocycles. The lowest BCUT2D eigenvalue weighted by Gasteiger charge is -2.16. The van der Waals surface area contributed by atoms with Crippen LogP contribution in [0.4, 0.5) is 0 Å². The largest absolute Gasteiger partial charge is 0.480 e. The molecule has 0 heterocycles. The maximum absolute atomic E-state index is 11.7. The maximum atomic E-state index is 11.7. The van der Waals surface area contributed by atoms with Gasteiger partial charge in [-0.2, -0.15) is 0 Å². The van der Waals surface area contributed by atoms with E-state index in [2.05, 4.69) is 10.6 Å². The van der Waals surface area contributed by atoms with Crippen LogP contribution in [0, 0.1) is 5.92 Å². The normalized spacial score (nSPS) is 13.6. The Hall–Kier alpha value is -4.04. The molecule has 10 N–H and O–H groups in total. The molecule has 0 aliphatic rings. The summed E-state index contributed by atoms with van der Waals surface area (Å²) in [4.78, 5) is 66.1. The second kappa shape index (κ2) is 18.3. The molecular weight excluding hydrogens is 516 g/mol. The van der Waals surface area contributed by atoms with Crippen LogP contribution in [0.3, 0.4) is 0 Å². The Morgan fingerprint density at radius 3 is 1.46 bits per heavy atom. The second-order valence-corrected chi connectivity index (χ2v) is 9.20. The minimum atomic E-state index is -1.19. The summed E-state index contributed by atoms with van der Waals surface area (Å²) < 4.78 is 0. The summed E-state index contributed by atoms with van der Waals surface area (Å²) in [7, 11) is 0. The van der Waals surface area contributed by atoms with Crippen molar-refractivity contribution in [3.8, 4) is 0 Å². The van der Waals surface area contributed by atoms with Crippen LogP contribution >= 0.6 is 0 Å². The number of aliphatic carboxylic acids is 4. The third-order valence-corrected chi connectivity index (χ3v) is 5.26. The van der Waals surface area contributed by atoms with E-state index in [1.54, 1.807) is 24.3 Å². The van der Waals surface area contributed by atoms with Crippen molar-refractivity contribution >= 4 is 35.7 Å². The monoisotopic (exact) mass is 554 g/mol. The molecule has 0 aromatic heterocycles. The Morgan fingerprint density at radius 2 is 1.10 bits per heavy atom. The first kappa shape index (κ1) is 35.0. The number of carboxylic acids is 4. The van der Waals surface area contributed by atoms with E-state index in [-0.39, 0.29) is 38.0 Å². The summed E-state index contributed by atoms with van der Waals surface area (Å²) in [5.41, 5.74) is 11.3. The molecule has 0 radical (unpaired) electrons. The highest BCUT2D eigenvalue weighted by Gasteiger charge is 2.23. The number of hydrogen-bond donors (Lipinski definition) is 8. The molecule has 0 aliphatic heterocycles.